The number of rotatable bonds is 5. The highest BCUT2D eigenvalue weighted by Gasteiger charge is 2.15. The molecule has 3 N–H and O–H groups in total. The van der Waals surface area contributed by atoms with Gasteiger partial charge in [-0.3, -0.25) is 9.69 Å². The van der Waals surface area contributed by atoms with Gasteiger partial charge in [0.05, 0.1) is 6.54 Å². The second-order valence-electron chi connectivity index (χ2n) is 5.32. The first-order valence-electron chi connectivity index (χ1n) is 7.34. The van der Waals surface area contributed by atoms with Crippen molar-refractivity contribution >= 4 is 29.2 Å². The molecule has 0 unspecified atom stereocenters. The summed E-state index contributed by atoms with van der Waals surface area (Å²) in [5.41, 5.74) is 1.64. The van der Waals surface area contributed by atoms with Gasteiger partial charge in [-0.05, 0) is 31.0 Å². The topological polar surface area (TPSA) is 73.5 Å². The van der Waals surface area contributed by atoms with Crippen LogP contribution in [-0.4, -0.2) is 49.6 Å². The normalized spacial score (nSPS) is 15.3. The molecule has 1 aliphatic rings. The quantitative estimate of drug-likeness (QED) is 0.720. The first-order chi connectivity index (χ1) is 10.5. The SMILES string of the molecule is Cc1ccc(NC(=O)NCCCN2CCNC(=O)C2)cc1Cl. The van der Waals surface area contributed by atoms with Gasteiger partial charge in [0.25, 0.3) is 0 Å². The molecule has 0 aromatic heterocycles. The van der Waals surface area contributed by atoms with E-state index in [-0.39, 0.29) is 11.9 Å². The number of benzene rings is 1. The van der Waals surface area contributed by atoms with Crippen LogP contribution in [0.15, 0.2) is 18.2 Å². The van der Waals surface area contributed by atoms with E-state index in [1.807, 2.05) is 19.1 Å². The Balaban J connectivity index is 1.65. The highest BCUT2D eigenvalue weighted by atomic mass is 35.5. The Morgan fingerprint density at radius 2 is 2.27 bits per heavy atom. The van der Waals surface area contributed by atoms with Gasteiger partial charge in [0.15, 0.2) is 0 Å². The minimum absolute atomic E-state index is 0.0631. The maximum absolute atomic E-state index is 11.8. The van der Waals surface area contributed by atoms with E-state index in [0.717, 1.165) is 25.1 Å². The summed E-state index contributed by atoms with van der Waals surface area (Å²) in [6, 6.07) is 5.14. The molecular formula is C15H21ClN4O2. The Hall–Kier alpha value is -1.79. The molecule has 120 valence electrons. The lowest BCUT2D eigenvalue weighted by atomic mass is 10.2. The molecule has 6 nitrogen and oxygen atoms in total. The van der Waals surface area contributed by atoms with Crippen LogP contribution in [0.4, 0.5) is 10.5 Å². The Labute approximate surface area is 135 Å². The van der Waals surface area contributed by atoms with Crippen molar-refractivity contribution in [1.82, 2.24) is 15.5 Å². The number of nitrogens with zero attached hydrogens (tertiary/aromatic N) is 1. The highest BCUT2D eigenvalue weighted by molar-refractivity contribution is 6.31. The van der Waals surface area contributed by atoms with Crippen LogP contribution in [0.5, 0.6) is 0 Å². The zero-order valence-electron chi connectivity index (χ0n) is 12.6. The van der Waals surface area contributed by atoms with E-state index >= 15 is 0 Å². The predicted molar refractivity (Wildman–Crippen MR) is 87.3 cm³/mol. The van der Waals surface area contributed by atoms with Crippen LogP contribution in [0, 0.1) is 6.92 Å². The minimum Gasteiger partial charge on any atom is -0.354 e. The summed E-state index contributed by atoms with van der Waals surface area (Å²) in [6.45, 7) is 5.26. The summed E-state index contributed by atoms with van der Waals surface area (Å²) in [6.07, 6.45) is 0.801. The van der Waals surface area contributed by atoms with Gasteiger partial charge in [0.2, 0.25) is 5.91 Å². The van der Waals surface area contributed by atoms with Crippen molar-refractivity contribution in [2.24, 2.45) is 0 Å². The average molecular weight is 325 g/mol. The van der Waals surface area contributed by atoms with Crippen LogP contribution in [0.3, 0.4) is 0 Å². The monoisotopic (exact) mass is 324 g/mol. The van der Waals surface area contributed by atoms with E-state index in [1.54, 1.807) is 6.07 Å². The number of piperazine rings is 1. The Morgan fingerprint density at radius 1 is 1.45 bits per heavy atom. The van der Waals surface area contributed by atoms with Crippen molar-refractivity contribution < 1.29 is 9.59 Å². The molecule has 1 aliphatic heterocycles. The molecular weight excluding hydrogens is 304 g/mol. The maximum Gasteiger partial charge on any atom is 0.319 e. The van der Waals surface area contributed by atoms with Crippen LogP contribution in [0.1, 0.15) is 12.0 Å². The zero-order valence-corrected chi connectivity index (χ0v) is 13.4. The van der Waals surface area contributed by atoms with Crippen LogP contribution in [0.25, 0.3) is 0 Å². The Morgan fingerprint density at radius 3 is 3.00 bits per heavy atom. The molecule has 1 aromatic rings. The van der Waals surface area contributed by atoms with Crippen LogP contribution in [0.2, 0.25) is 5.02 Å². The lowest BCUT2D eigenvalue weighted by Gasteiger charge is -2.26. The summed E-state index contributed by atoms with van der Waals surface area (Å²) in [5.74, 6) is 0.0631. The van der Waals surface area contributed by atoms with E-state index in [9.17, 15) is 9.59 Å². The number of carbonyl (C=O) groups is 2. The maximum atomic E-state index is 11.8. The first-order valence-corrected chi connectivity index (χ1v) is 7.72. The number of aryl methyl sites for hydroxylation is 1. The van der Waals surface area contributed by atoms with Crippen LogP contribution >= 0.6 is 11.6 Å². The van der Waals surface area contributed by atoms with E-state index in [4.69, 9.17) is 11.6 Å². The number of carbonyl (C=O) groups excluding carboxylic acids is 2. The minimum atomic E-state index is -0.253. The fourth-order valence-corrected chi connectivity index (χ4v) is 2.41. The summed E-state index contributed by atoms with van der Waals surface area (Å²) < 4.78 is 0. The number of urea groups is 1. The molecule has 1 saturated heterocycles. The Kier molecular flexibility index (Phi) is 6.03. The van der Waals surface area contributed by atoms with Crippen molar-refractivity contribution in [3.63, 3.8) is 0 Å². The second-order valence-corrected chi connectivity index (χ2v) is 5.73. The summed E-state index contributed by atoms with van der Waals surface area (Å²) in [7, 11) is 0. The van der Waals surface area contributed by atoms with Gasteiger partial charge in [0.1, 0.15) is 0 Å². The van der Waals surface area contributed by atoms with Crippen LogP contribution in [-0.2, 0) is 4.79 Å². The number of halogens is 1. The fourth-order valence-electron chi connectivity index (χ4n) is 2.23. The number of hydrogen-bond donors (Lipinski definition) is 3. The van der Waals surface area contributed by atoms with Gasteiger partial charge in [-0.25, -0.2) is 4.79 Å². The first kappa shape index (κ1) is 16.6. The summed E-state index contributed by atoms with van der Waals surface area (Å²) in [5, 5.41) is 8.95. The largest absolute Gasteiger partial charge is 0.354 e. The predicted octanol–water partition coefficient (Wildman–Crippen LogP) is 1.59. The van der Waals surface area contributed by atoms with E-state index in [1.165, 1.54) is 0 Å². The molecule has 0 spiro atoms. The average Bonchev–Trinajstić information content (AvgIpc) is 2.48. The van der Waals surface area contributed by atoms with Gasteiger partial charge < -0.3 is 16.0 Å². The van der Waals surface area contributed by atoms with Gasteiger partial charge in [-0.15, -0.1) is 0 Å². The van der Waals surface area contributed by atoms with Crippen molar-refractivity contribution in [3.05, 3.63) is 28.8 Å². The van der Waals surface area contributed by atoms with Crippen molar-refractivity contribution in [1.29, 1.82) is 0 Å². The molecule has 3 amide bonds. The standard InChI is InChI=1S/C15H21ClN4O2/c1-11-3-4-12(9-13(11)16)19-15(22)18-5-2-7-20-8-6-17-14(21)10-20/h3-4,9H,2,5-8,10H2,1H3,(H,17,21)(H2,18,19,22). The smallest absolute Gasteiger partial charge is 0.319 e. The van der Waals surface area contributed by atoms with Gasteiger partial charge >= 0.3 is 6.03 Å². The molecule has 1 aromatic carbocycles. The molecule has 7 heteroatoms. The van der Waals surface area contributed by atoms with E-state index < -0.39 is 0 Å². The molecule has 0 saturated carbocycles. The van der Waals surface area contributed by atoms with Gasteiger partial charge in [-0.2, -0.15) is 0 Å². The second kappa shape index (κ2) is 8.00. The van der Waals surface area contributed by atoms with E-state index in [2.05, 4.69) is 20.9 Å². The highest BCUT2D eigenvalue weighted by Crippen LogP contribution is 2.19. The number of nitrogens with one attached hydrogen (secondary N) is 3. The molecule has 1 heterocycles. The third-order valence-corrected chi connectivity index (χ3v) is 3.89. The number of amides is 3. The lowest BCUT2D eigenvalue weighted by molar-refractivity contribution is -0.124. The molecule has 0 radical (unpaired) electrons. The lowest BCUT2D eigenvalue weighted by Crippen LogP contribution is -2.48. The fraction of sp³-hybridized carbons (Fsp3) is 0.467. The zero-order chi connectivity index (χ0) is 15.9. The van der Waals surface area contributed by atoms with E-state index in [0.29, 0.717) is 30.3 Å². The molecule has 0 bridgehead atoms. The molecule has 2 rings (SSSR count). The molecule has 1 fully saturated rings. The van der Waals surface area contributed by atoms with Crippen molar-refractivity contribution in [3.8, 4) is 0 Å². The van der Waals surface area contributed by atoms with Crippen LogP contribution < -0.4 is 16.0 Å². The number of anilines is 1. The molecule has 0 atom stereocenters. The Bertz CT molecular complexity index is 550. The van der Waals surface area contributed by atoms with Crippen molar-refractivity contribution in [2.75, 3.05) is 38.0 Å². The van der Waals surface area contributed by atoms with Gasteiger partial charge in [-0.1, -0.05) is 17.7 Å². The van der Waals surface area contributed by atoms with Crippen molar-refractivity contribution in [2.45, 2.75) is 13.3 Å². The van der Waals surface area contributed by atoms with Gasteiger partial charge in [0, 0.05) is 36.9 Å². The third kappa shape index (κ3) is 5.20. The molecule has 0 aliphatic carbocycles. The summed E-state index contributed by atoms with van der Waals surface area (Å²) in [4.78, 5) is 25.1. The third-order valence-electron chi connectivity index (χ3n) is 3.48. The molecule has 22 heavy (non-hydrogen) atoms. The summed E-state index contributed by atoms with van der Waals surface area (Å²) >= 11 is 6.01. The number of hydrogen-bond acceptors (Lipinski definition) is 3.